The summed E-state index contributed by atoms with van der Waals surface area (Å²) < 4.78 is 1.12. The maximum absolute atomic E-state index is 6.28. The van der Waals surface area contributed by atoms with Gasteiger partial charge in [0.1, 0.15) is 0 Å². The van der Waals surface area contributed by atoms with Gasteiger partial charge in [-0.1, -0.05) is 62.7 Å². The molecule has 1 aromatic carbocycles. The summed E-state index contributed by atoms with van der Waals surface area (Å²) in [6.45, 7) is 11.1. The van der Waals surface area contributed by atoms with Gasteiger partial charge in [-0.05, 0) is 34.9 Å². The van der Waals surface area contributed by atoms with E-state index in [1.165, 1.54) is 11.1 Å². The Labute approximate surface area is 114 Å². The summed E-state index contributed by atoms with van der Waals surface area (Å²) in [6, 6.07) is 6.66. The first-order valence-electron chi connectivity index (χ1n) is 6.27. The van der Waals surface area contributed by atoms with Crippen LogP contribution in [0.1, 0.15) is 58.2 Å². The molecule has 1 rings (SSSR count). The van der Waals surface area contributed by atoms with Crippen molar-refractivity contribution in [2.45, 2.75) is 52.5 Å². The predicted octanol–water partition coefficient (Wildman–Crippen LogP) is 4.79. The molecule has 2 N–H and O–H groups in total. The molecule has 96 valence electrons. The summed E-state index contributed by atoms with van der Waals surface area (Å²) in [5, 5.41) is 0. The number of rotatable bonds is 3. The largest absolute Gasteiger partial charge is 0.324 e. The Morgan fingerprint density at radius 1 is 1.24 bits per heavy atom. The highest BCUT2D eigenvalue weighted by Gasteiger charge is 2.18. The second-order valence-electron chi connectivity index (χ2n) is 6.22. The summed E-state index contributed by atoms with van der Waals surface area (Å²) in [7, 11) is 0. The molecule has 1 aromatic rings. The van der Waals surface area contributed by atoms with Gasteiger partial charge >= 0.3 is 0 Å². The molecule has 0 bridgehead atoms. The summed E-state index contributed by atoms with van der Waals surface area (Å²) in [4.78, 5) is 0. The van der Waals surface area contributed by atoms with E-state index < -0.39 is 0 Å². The van der Waals surface area contributed by atoms with E-state index in [1.807, 2.05) is 0 Å². The van der Waals surface area contributed by atoms with Crippen molar-refractivity contribution < 1.29 is 0 Å². The average molecular weight is 298 g/mol. The fourth-order valence-corrected chi connectivity index (χ4v) is 2.47. The topological polar surface area (TPSA) is 26.0 Å². The molecular weight excluding hydrogens is 274 g/mol. The minimum absolute atomic E-state index is 0.117. The van der Waals surface area contributed by atoms with E-state index in [0.29, 0.717) is 5.92 Å². The first-order chi connectivity index (χ1) is 7.71. The average Bonchev–Trinajstić information content (AvgIpc) is 2.15. The van der Waals surface area contributed by atoms with E-state index in [9.17, 15) is 0 Å². The van der Waals surface area contributed by atoms with Crippen molar-refractivity contribution in [1.82, 2.24) is 0 Å². The third kappa shape index (κ3) is 4.11. The molecule has 0 saturated carbocycles. The molecule has 1 nitrogen and oxygen atoms in total. The number of benzene rings is 1. The van der Waals surface area contributed by atoms with Crippen LogP contribution < -0.4 is 5.73 Å². The molecule has 1 atom stereocenters. The van der Waals surface area contributed by atoms with Crippen molar-refractivity contribution in [1.29, 1.82) is 0 Å². The minimum Gasteiger partial charge on any atom is -0.324 e. The smallest absolute Gasteiger partial charge is 0.0308 e. The van der Waals surface area contributed by atoms with Crippen LogP contribution in [-0.2, 0) is 5.41 Å². The maximum Gasteiger partial charge on any atom is 0.0308 e. The van der Waals surface area contributed by atoms with E-state index in [2.05, 4.69) is 68.7 Å². The SMILES string of the molecule is CC(C)CC(N)c1cc(C(C)(C)C)ccc1Br. The van der Waals surface area contributed by atoms with Gasteiger partial charge in [0.25, 0.3) is 0 Å². The Morgan fingerprint density at radius 3 is 2.29 bits per heavy atom. The zero-order chi connectivity index (χ0) is 13.2. The van der Waals surface area contributed by atoms with Crippen LogP contribution in [0.2, 0.25) is 0 Å². The quantitative estimate of drug-likeness (QED) is 0.853. The van der Waals surface area contributed by atoms with E-state index in [1.54, 1.807) is 0 Å². The van der Waals surface area contributed by atoms with Crippen LogP contribution in [0, 0.1) is 5.92 Å². The third-order valence-electron chi connectivity index (χ3n) is 2.99. The molecule has 0 fully saturated rings. The Hall–Kier alpha value is -0.340. The molecule has 1 unspecified atom stereocenters. The second-order valence-corrected chi connectivity index (χ2v) is 7.08. The lowest BCUT2D eigenvalue weighted by Gasteiger charge is -2.23. The highest BCUT2D eigenvalue weighted by atomic mass is 79.9. The van der Waals surface area contributed by atoms with Crippen molar-refractivity contribution in [2.75, 3.05) is 0 Å². The first-order valence-corrected chi connectivity index (χ1v) is 7.06. The highest BCUT2D eigenvalue weighted by molar-refractivity contribution is 9.10. The zero-order valence-corrected chi connectivity index (χ0v) is 13.1. The van der Waals surface area contributed by atoms with Crippen molar-refractivity contribution in [3.8, 4) is 0 Å². The number of nitrogens with two attached hydrogens (primary N) is 1. The molecule has 17 heavy (non-hydrogen) atoms. The van der Waals surface area contributed by atoms with Crippen LogP contribution in [0.5, 0.6) is 0 Å². The Morgan fingerprint density at radius 2 is 1.82 bits per heavy atom. The lowest BCUT2D eigenvalue weighted by molar-refractivity contribution is 0.507. The summed E-state index contributed by atoms with van der Waals surface area (Å²) in [5.74, 6) is 0.621. The van der Waals surface area contributed by atoms with Crippen molar-refractivity contribution in [2.24, 2.45) is 11.7 Å². The van der Waals surface area contributed by atoms with Crippen LogP contribution in [0.25, 0.3) is 0 Å². The zero-order valence-electron chi connectivity index (χ0n) is 11.5. The van der Waals surface area contributed by atoms with E-state index in [4.69, 9.17) is 5.73 Å². The van der Waals surface area contributed by atoms with Crippen LogP contribution in [-0.4, -0.2) is 0 Å². The van der Waals surface area contributed by atoms with Gasteiger partial charge in [-0.25, -0.2) is 0 Å². The summed E-state index contributed by atoms with van der Waals surface area (Å²) in [6.07, 6.45) is 1.02. The molecule has 0 aromatic heterocycles. The van der Waals surface area contributed by atoms with Gasteiger partial charge in [0.2, 0.25) is 0 Å². The fourth-order valence-electron chi connectivity index (χ4n) is 1.93. The monoisotopic (exact) mass is 297 g/mol. The van der Waals surface area contributed by atoms with Crippen LogP contribution in [0.15, 0.2) is 22.7 Å². The molecule has 0 aliphatic rings. The van der Waals surface area contributed by atoms with Gasteiger partial charge in [0.15, 0.2) is 0 Å². The lowest BCUT2D eigenvalue weighted by atomic mass is 9.85. The molecular formula is C15H24BrN. The Bertz CT molecular complexity index is 377. The van der Waals surface area contributed by atoms with E-state index >= 15 is 0 Å². The maximum atomic E-state index is 6.28. The Kier molecular flexibility index (Phi) is 4.79. The van der Waals surface area contributed by atoms with Crippen molar-refractivity contribution >= 4 is 15.9 Å². The van der Waals surface area contributed by atoms with Crippen molar-refractivity contribution in [3.63, 3.8) is 0 Å². The van der Waals surface area contributed by atoms with Gasteiger partial charge in [0, 0.05) is 10.5 Å². The first kappa shape index (κ1) is 14.7. The second kappa shape index (κ2) is 5.53. The Balaban J connectivity index is 3.06. The predicted molar refractivity (Wildman–Crippen MR) is 79.2 cm³/mol. The highest BCUT2D eigenvalue weighted by Crippen LogP contribution is 2.31. The molecule has 0 aliphatic heterocycles. The normalized spacial score (nSPS) is 14.1. The lowest BCUT2D eigenvalue weighted by Crippen LogP contribution is -2.16. The molecule has 2 heteroatoms. The van der Waals surface area contributed by atoms with Gasteiger partial charge in [-0.3, -0.25) is 0 Å². The van der Waals surface area contributed by atoms with Gasteiger partial charge in [0.05, 0.1) is 0 Å². The van der Waals surface area contributed by atoms with Gasteiger partial charge in [-0.2, -0.15) is 0 Å². The molecule has 0 heterocycles. The van der Waals surface area contributed by atoms with Crippen LogP contribution in [0.4, 0.5) is 0 Å². The summed E-state index contributed by atoms with van der Waals surface area (Å²) in [5.41, 5.74) is 9.02. The van der Waals surface area contributed by atoms with Gasteiger partial charge < -0.3 is 5.73 Å². The van der Waals surface area contributed by atoms with Crippen molar-refractivity contribution in [3.05, 3.63) is 33.8 Å². The number of hydrogen-bond acceptors (Lipinski definition) is 1. The van der Waals surface area contributed by atoms with Crippen LogP contribution in [0.3, 0.4) is 0 Å². The van der Waals surface area contributed by atoms with Crippen LogP contribution >= 0.6 is 15.9 Å². The van der Waals surface area contributed by atoms with E-state index in [-0.39, 0.29) is 11.5 Å². The summed E-state index contributed by atoms with van der Waals surface area (Å²) >= 11 is 3.61. The standard InChI is InChI=1S/C15H24BrN/c1-10(2)8-14(17)12-9-11(15(3,4)5)6-7-13(12)16/h6-7,9-10,14H,8,17H2,1-5H3. The molecule has 0 saturated heterocycles. The molecule has 0 aliphatic carbocycles. The van der Waals surface area contributed by atoms with E-state index in [0.717, 1.165) is 10.9 Å². The van der Waals surface area contributed by atoms with Gasteiger partial charge in [-0.15, -0.1) is 0 Å². The fraction of sp³-hybridized carbons (Fsp3) is 0.600. The third-order valence-corrected chi connectivity index (χ3v) is 3.71. The molecule has 0 spiro atoms. The molecule has 0 amide bonds. The number of hydrogen-bond donors (Lipinski definition) is 1. The number of halogens is 1. The minimum atomic E-state index is 0.117. The molecule has 0 radical (unpaired) electrons.